The van der Waals surface area contributed by atoms with Gasteiger partial charge in [-0.3, -0.25) is 9.59 Å². The summed E-state index contributed by atoms with van der Waals surface area (Å²) in [6.07, 6.45) is -5.78. The minimum absolute atomic E-state index is 0.162. The van der Waals surface area contributed by atoms with E-state index in [0.29, 0.717) is 0 Å². The van der Waals surface area contributed by atoms with Crippen molar-refractivity contribution in [3.63, 3.8) is 0 Å². The zero-order valence-corrected chi connectivity index (χ0v) is 19.4. The quantitative estimate of drug-likeness (QED) is 0.175. The largest absolute Gasteiger partial charge is 0.463 e. The topological polar surface area (TPSA) is 163 Å². The van der Waals surface area contributed by atoms with Crippen LogP contribution >= 0.6 is 0 Å². The monoisotopic (exact) mass is 497 g/mol. The molecule has 0 aliphatic carbocycles. The molecule has 0 N–H and O–H groups in total. The van der Waals surface area contributed by atoms with Crippen molar-refractivity contribution in [2.24, 2.45) is 5.11 Å². The predicted octanol–water partition coefficient (Wildman–Crippen LogP) is 2.97. The third-order valence-corrected chi connectivity index (χ3v) is 5.04. The molecule has 0 aromatic heterocycles. The van der Waals surface area contributed by atoms with E-state index in [0.717, 1.165) is 13.8 Å². The fraction of sp³-hybridized carbons (Fsp3) is 0.333. The number of hydrogen-bond acceptors (Lipinski definition) is 10. The van der Waals surface area contributed by atoms with Crippen LogP contribution in [0.5, 0.6) is 0 Å². The van der Waals surface area contributed by atoms with Crippen LogP contribution in [0.1, 0.15) is 34.6 Å². The number of benzene rings is 2. The Morgan fingerprint density at radius 1 is 0.833 bits per heavy atom. The third-order valence-electron chi connectivity index (χ3n) is 5.04. The number of rotatable bonds is 8. The molecule has 1 unspecified atom stereocenters. The van der Waals surface area contributed by atoms with Gasteiger partial charge in [0.25, 0.3) is 0 Å². The summed E-state index contributed by atoms with van der Waals surface area (Å²) in [5, 5.41) is 3.67. The van der Waals surface area contributed by atoms with Gasteiger partial charge in [-0.1, -0.05) is 41.5 Å². The standard InChI is InChI=1S/C24H23N3O9/c1-14(28)32-13-18-19(26-27-25)20(35-22(30)16-9-5-3-6-10-16)21(24(34-18)33-15(2)29)36-23(31)17-11-7-4-8-12-17/h3-12,18-21,24H,13H2,1-2H3/t18-,19-,20+,21-,24?/m1/s1. The molecule has 12 nitrogen and oxygen atoms in total. The lowest BCUT2D eigenvalue weighted by molar-refractivity contribution is -0.267. The van der Waals surface area contributed by atoms with Crippen molar-refractivity contribution >= 4 is 23.9 Å². The summed E-state index contributed by atoms with van der Waals surface area (Å²) >= 11 is 0. The molecule has 0 bridgehead atoms. The summed E-state index contributed by atoms with van der Waals surface area (Å²) in [5.74, 6) is -3.10. The van der Waals surface area contributed by atoms with Gasteiger partial charge in [-0.15, -0.1) is 0 Å². The molecule has 188 valence electrons. The van der Waals surface area contributed by atoms with Crippen LogP contribution in [0.25, 0.3) is 10.4 Å². The van der Waals surface area contributed by atoms with E-state index in [9.17, 15) is 24.7 Å². The van der Waals surface area contributed by atoms with Crippen molar-refractivity contribution in [2.75, 3.05) is 6.61 Å². The minimum atomic E-state index is -1.57. The summed E-state index contributed by atoms with van der Waals surface area (Å²) in [7, 11) is 0. The molecule has 2 aromatic rings. The van der Waals surface area contributed by atoms with Gasteiger partial charge in [-0.05, 0) is 29.8 Å². The van der Waals surface area contributed by atoms with Crippen molar-refractivity contribution in [3.05, 3.63) is 82.2 Å². The van der Waals surface area contributed by atoms with E-state index in [1.165, 1.54) is 24.3 Å². The third kappa shape index (κ3) is 6.81. The zero-order valence-electron chi connectivity index (χ0n) is 19.4. The highest BCUT2D eigenvalue weighted by Gasteiger charge is 2.52. The van der Waals surface area contributed by atoms with Crippen molar-refractivity contribution < 1.29 is 42.9 Å². The number of hydrogen-bond donors (Lipinski definition) is 0. The first-order chi connectivity index (χ1) is 17.3. The van der Waals surface area contributed by atoms with Gasteiger partial charge in [0.1, 0.15) is 18.8 Å². The number of carbonyl (C=O) groups excluding carboxylic acids is 4. The second-order valence-electron chi connectivity index (χ2n) is 7.62. The Kier molecular flexibility index (Phi) is 8.98. The summed E-state index contributed by atoms with van der Waals surface area (Å²) in [6.45, 7) is 1.84. The maximum atomic E-state index is 12.9. The molecule has 0 spiro atoms. The molecule has 3 rings (SSSR count). The molecule has 2 aromatic carbocycles. The Labute approximate surface area is 205 Å². The molecule has 5 atom stereocenters. The normalized spacial score (nSPS) is 22.9. The van der Waals surface area contributed by atoms with Gasteiger partial charge in [0.05, 0.1) is 11.1 Å². The van der Waals surface area contributed by atoms with E-state index in [-0.39, 0.29) is 11.1 Å². The summed E-state index contributed by atoms with van der Waals surface area (Å²) < 4.78 is 27.2. The van der Waals surface area contributed by atoms with Gasteiger partial charge in [0.15, 0.2) is 6.10 Å². The lowest BCUT2D eigenvalue weighted by atomic mass is 9.96. The van der Waals surface area contributed by atoms with Gasteiger partial charge in [-0.25, -0.2) is 9.59 Å². The number of esters is 4. The second kappa shape index (κ2) is 12.3. The van der Waals surface area contributed by atoms with Gasteiger partial charge in [0, 0.05) is 18.8 Å². The highest BCUT2D eigenvalue weighted by atomic mass is 16.7. The van der Waals surface area contributed by atoms with Gasteiger partial charge in [-0.2, -0.15) is 0 Å². The summed E-state index contributed by atoms with van der Waals surface area (Å²) in [6, 6.07) is 14.5. The molecular formula is C24H23N3O9. The molecule has 0 amide bonds. The molecule has 1 aliphatic heterocycles. The minimum Gasteiger partial charge on any atom is -0.463 e. The maximum absolute atomic E-state index is 12.9. The Morgan fingerprint density at radius 2 is 1.36 bits per heavy atom. The lowest BCUT2D eigenvalue weighted by Gasteiger charge is -2.42. The van der Waals surface area contributed by atoms with Crippen molar-refractivity contribution in [2.45, 2.75) is 44.5 Å². The molecule has 12 heteroatoms. The second-order valence-corrected chi connectivity index (χ2v) is 7.62. The van der Waals surface area contributed by atoms with E-state index in [4.69, 9.17) is 23.7 Å². The van der Waals surface area contributed by atoms with Crippen LogP contribution in [0.15, 0.2) is 65.8 Å². The Morgan fingerprint density at radius 3 is 1.83 bits per heavy atom. The smallest absolute Gasteiger partial charge is 0.338 e. The molecule has 0 saturated carbocycles. The Balaban J connectivity index is 2.02. The number of ether oxygens (including phenoxy) is 5. The van der Waals surface area contributed by atoms with Crippen molar-refractivity contribution in [3.8, 4) is 0 Å². The van der Waals surface area contributed by atoms with E-state index < -0.39 is 61.1 Å². The van der Waals surface area contributed by atoms with Crippen LogP contribution in [-0.4, -0.2) is 61.1 Å². The van der Waals surface area contributed by atoms with Crippen LogP contribution in [-0.2, 0) is 33.3 Å². The Bertz CT molecular complexity index is 1140. The summed E-state index contributed by atoms with van der Waals surface area (Å²) in [4.78, 5) is 51.8. The molecule has 1 fully saturated rings. The molecular weight excluding hydrogens is 474 g/mol. The fourth-order valence-corrected chi connectivity index (χ4v) is 3.48. The van der Waals surface area contributed by atoms with E-state index >= 15 is 0 Å². The molecule has 1 aliphatic rings. The first kappa shape index (κ1) is 26.2. The van der Waals surface area contributed by atoms with E-state index in [1.807, 2.05) is 0 Å². The van der Waals surface area contributed by atoms with E-state index in [2.05, 4.69) is 10.0 Å². The molecule has 1 heterocycles. The predicted molar refractivity (Wildman–Crippen MR) is 121 cm³/mol. The first-order valence-corrected chi connectivity index (χ1v) is 10.8. The summed E-state index contributed by atoms with van der Waals surface area (Å²) in [5.41, 5.74) is 9.53. The van der Waals surface area contributed by atoms with Crippen LogP contribution in [0.4, 0.5) is 0 Å². The number of nitrogens with zero attached hydrogens (tertiary/aromatic N) is 3. The highest BCUT2D eigenvalue weighted by molar-refractivity contribution is 5.90. The highest BCUT2D eigenvalue weighted by Crippen LogP contribution is 2.31. The SMILES string of the molecule is CC(=O)OC[C@H]1OC(OC(C)=O)[C@H](OC(=O)c2ccccc2)[C@@H](OC(=O)c2ccccc2)[C@@H]1N=[N+]=[N-]. The van der Waals surface area contributed by atoms with Gasteiger partial charge in [0.2, 0.25) is 12.4 Å². The fourth-order valence-electron chi connectivity index (χ4n) is 3.48. The van der Waals surface area contributed by atoms with Crippen molar-refractivity contribution in [1.82, 2.24) is 0 Å². The van der Waals surface area contributed by atoms with Crippen LogP contribution < -0.4 is 0 Å². The molecule has 0 radical (unpaired) electrons. The molecule has 36 heavy (non-hydrogen) atoms. The van der Waals surface area contributed by atoms with Gasteiger partial charge < -0.3 is 23.7 Å². The van der Waals surface area contributed by atoms with Crippen LogP contribution in [0, 0.1) is 0 Å². The first-order valence-electron chi connectivity index (χ1n) is 10.8. The van der Waals surface area contributed by atoms with Gasteiger partial charge >= 0.3 is 23.9 Å². The maximum Gasteiger partial charge on any atom is 0.338 e. The average molecular weight is 497 g/mol. The number of azide groups is 1. The van der Waals surface area contributed by atoms with Crippen LogP contribution in [0.3, 0.4) is 0 Å². The van der Waals surface area contributed by atoms with E-state index in [1.54, 1.807) is 36.4 Å². The number of carbonyl (C=O) groups is 4. The zero-order chi connectivity index (χ0) is 26.1. The van der Waals surface area contributed by atoms with Crippen LogP contribution in [0.2, 0.25) is 0 Å². The average Bonchev–Trinajstić information content (AvgIpc) is 2.86. The van der Waals surface area contributed by atoms with Crippen molar-refractivity contribution in [1.29, 1.82) is 0 Å². The lowest BCUT2D eigenvalue weighted by Crippen LogP contribution is -2.61. The molecule has 1 saturated heterocycles. The Hall–Kier alpha value is -4.41.